The van der Waals surface area contributed by atoms with Crippen LogP contribution < -0.4 is 20.7 Å². The number of hydrogen-bond acceptors (Lipinski definition) is 6. The van der Waals surface area contributed by atoms with Crippen molar-refractivity contribution in [2.24, 2.45) is 0 Å². The standard InChI is InChI=1S/C35H35F4N7O3/c1-34(13-11-25(12-14-34)40-33(48)43-29-19-24(35(37,38)39)7-9-27(29)36)49-26-8-10-28-30(20-26)42-32(41-28)44-31(47)23-5-3-22(4-6-23)21-46-17-15-45(2)16-18-46/h3-13,19-20H,14-18,21H2,1-2H3,(H2,40,43,48)(H2,41,42,44,47). The van der Waals surface area contributed by atoms with Crippen molar-refractivity contribution in [3.8, 4) is 5.75 Å². The second kappa shape index (κ2) is 13.7. The summed E-state index contributed by atoms with van der Waals surface area (Å²) in [4.78, 5) is 37.6. The molecule has 4 aromatic rings. The molecule has 1 aliphatic carbocycles. The first-order valence-electron chi connectivity index (χ1n) is 15.7. The molecular weight excluding hydrogens is 642 g/mol. The van der Waals surface area contributed by atoms with E-state index in [2.05, 4.69) is 42.8 Å². The molecule has 1 atom stereocenters. The highest BCUT2D eigenvalue weighted by atomic mass is 19.4. The van der Waals surface area contributed by atoms with E-state index in [1.54, 1.807) is 36.4 Å². The number of halogens is 4. The molecule has 2 heterocycles. The number of alkyl halides is 3. The Labute approximate surface area is 279 Å². The zero-order valence-corrected chi connectivity index (χ0v) is 26.8. The van der Waals surface area contributed by atoms with Crippen molar-refractivity contribution in [2.45, 2.75) is 31.7 Å². The SMILES string of the molecule is CN1CCN(Cc2ccc(C(=O)Nc3nc4ccc(OC5(C)C=CC(NC(=O)Nc6cc(C(F)(F)F)ccc6F)=CC5)cc4[nH]3)cc2)CC1. The molecule has 3 amide bonds. The van der Waals surface area contributed by atoms with E-state index in [0.29, 0.717) is 58.6 Å². The number of imidazole rings is 1. The second-order valence-electron chi connectivity index (χ2n) is 12.4. The summed E-state index contributed by atoms with van der Waals surface area (Å²) in [6, 6.07) is 13.7. The average Bonchev–Trinajstić information content (AvgIpc) is 3.45. The number of ether oxygens (including phenoxy) is 1. The van der Waals surface area contributed by atoms with Gasteiger partial charge in [0.1, 0.15) is 17.2 Å². The van der Waals surface area contributed by atoms with Gasteiger partial charge >= 0.3 is 12.2 Å². The minimum Gasteiger partial charge on any atom is -0.483 e. The van der Waals surface area contributed by atoms with Crippen molar-refractivity contribution in [2.75, 3.05) is 43.9 Å². The monoisotopic (exact) mass is 677 g/mol. The molecule has 6 rings (SSSR count). The number of nitrogens with one attached hydrogen (secondary N) is 4. The van der Waals surface area contributed by atoms with Crippen molar-refractivity contribution in [3.63, 3.8) is 0 Å². The summed E-state index contributed by atoms with van der Waals surface area (Å²) in [6.45, 7) is 6.81. The largest absolute Gasteiger partial charge is 0.483 e. The summed E-state index contributed by atoms with van der Waals surface area (Å²) < 4.78 is 59.2. The summed E-state index contributed by atoms with van der Waals surface area (Å²) in [5.41, 5.74) is 0.837. The number of amides is 3. The smallest absolute Gasteiger partial charge is 0.416 e. The van der Waals surface area contributed by atoms with Crippen LogP contribution in [0.15, 0.2) is 84.6 Å². The molecule has 10 nitrogen and oxygen atoms in total. The van der Waals surface area contributed by atoms with Crippen molar-refractivity contribution < 1.29 is 31.9 Å². The van der Waals surface area contributed by atoms with E-state index in [1.807, 2.05) is 31.2 Å². The van der Waals surface area contributed by atoms with Crippen LogP contribution in [0.4, 0.5) is 34.0 Å². The van der Waals surface area contributed by atoms with Crippen LogP contribution >= 0.6 is 0 Å². The molecule has 1 aromatic heterocycles. The molecule has 14 heteroatoms. The molecule has 1 aliphatic heterocycles. The van der Waals surface area contributed by atoms with E-state index >= 15 is 0 Å². The van der Waals surface area contributed by atoms with Crippen LogP contribution in [0.3, 0.4) is 0 Å². The first-order valence-corrected chi connectivity index (χ1v) is 15.7. The molecule has 2 aliphatic rings. The zero-order valence-electron chi connectivity index (χ0n) is 26.8. The van der Waals surface area contributed by atoms with Crippen LogP contribution in [-0.2, 0) is 12.7 Å². The lowest BCUT2D eigenvalue weighted by Gasteiger charge is -2.32. The van der Waals surface area contributed by atoms with Gasteiger partial charge < -0.3 is 25.3 Å². The Bertz CT molecular complexity index is 1910. The number of carbonyl (C=O) groups excluding carboxylic acids is 2. The number of aromatic amines is 1. The van der Waals surface area contributed by atoms with Gasteiger partial charge in [-0.15, -0.1) is 0 Å². The lowest BCUT2D eigenvalue weighted by atomic mass is 9.96. The van der Waals surface area contributed by atoms with Crippen molar-refractivity contribution in [1.82, 2.24) is 25.1 Å². The topological polar surface area (TPSA) is 115 Å². The fraction of sp³-hybridized carbons (Fsp3) is 0.286. The normalized spacial score (nSPS) is 18.6. The maximum absolute atomic E-state index is 14.0. The number of anilines is 2. The van der Waals surface area contributed by atoms with Gasteiger partial charge in [0, 0.05) is 56.5 Å². The van der Waals surface area contributed by atoms with Gasteiger partial charge in [0.25, 0.3) is 5.91 Å². The van der Waals surface area contributed by atoms with E-state index in [9.17, 15) is 27.2 Å². The molecule has 1 saturated heterocycles. The Hall–Kier alpha value is -5.21. The Kier molecular flexibility index (Phi) is 9.43. The molecule has 1 unspecified atom stereocenters. The van der Waals surface area contributed by atoms with E-state index < -0.39 is 34.9 Å². The molecule has 256 valence electrons. The number of aromatic nitrogens is 2. The number of piperazine rings is 1. The first-order chi connectivity index (χ1) is 23.3. The number of hydrogen-bond donors (Lipinski definition) is 4. The highest BCUT2D eigenvalue weighted by molar-refractivity contribution is 6.04. The molecule has 0 saturated carbocycles. The number of H-pyrrole nitrogens is 1. The van der Waals surface area contributed by atoms with E-state index in [-0.39, 0.29) is 5.91 Å². The average molecular weight is 678 g/mol. The number of rotatable bonds is 8. The van der Waals surface area contributed by atoms with E-state index in [0.717, 1.165) is 38.3 Å². The molecule has 0 bridgehead atoms. The number of carbonyl (C=O) groups is 2. The lowest BCUT2D eigenvalue weighted by molar-refractivity contribution is -0.137. The zero-order chi connectivity index (χ0) is 34.8. The fourth-order valence-corrected chi connectivity index (χ4v) is 5.55. The Balaban J connectivity index is 1.02. The van der Waals surface area contributed by atoms with Crippen LogP contribution in [0.5, 0.6) is 5.75 Å². The quantitative estimate of drug-likeness (QED) is 0.158. The van der Waals surface area contributed by atoms with Gasteiger partial charge in [0.05, 0.1) is 22.3 Å². The lowest BCUT2D eigenvalue weighted by Crippen LogP contribution is -2.43. The van der Waals surface area contributed by atoms with Gasteiger partial charge in [0.15, 0.2) is 0 Å². The Morgan fingerprint density at radius 1 is 0.980 bits per heavy atom. The van der Waals surface area contributed by atoms with Gasteiger partial charge in [-0.3, -0.25) is 15.0 Å². The van der Waals surface area contributed by atoms with Gasteiger partial charge in [0.2, 0.25) is 5.95 Å². The third kappa shape index (κ3) is 8.45. The van der Waals surface area contributed by atoms with E-state index in [1.165, 1.54) is 0 Å². The molecule has 49 heavy (non-hydrogen) atoms. The van der Waals surface area contributed by atoms with Crippen molar-refractivity contribution in [3.05, 3.63) is 107 Å². The first kappa shape index (κ1) is 33.7. The number of benzene rings is 3. The number of fused-ring (bicyclic) bond motifs is 1. The molecule has 3 aromatic carbocycles. The van der Waals surface area contributed by atoms with Crippen LogP contribution in [0.1, 0.15) is 34.8 Å². The van der Waals surface area contributed by atoms with Crippen LogP contribution in [0, 0.1) is 5.82 Å². The molecule has 4 N–H and O–H groups in total. The van der Waals surface area contributed by atoms with Gasteiger partial charge in [-0.25, -0.2) is 14.2 Å². The summed E-state index contributed by atoms with van der Waals surface area (Å²) >= 11 is 0. The summed E-state index contributed by atoms with van der Waals surface area (Å²) in [7, 11) is 2.13. The number of allylic oxidation sites excluding steroid dienone is 1. The van der Waals surface area contributed by atoms with Crippen molar-refractivity contribution in [1.29, 1.82) is 0 Å². The third-order valence-electron chi connectivity index (χ3n) is 8.40. The molecule has 0 radical (unpaired) electrons. The predicted octanol–water partition coefficient (Wildman–Crippen LogP) is 6.52. The van der Waals surface area contributed by atoms with Gasteiger partial charge in [-0.1, -0.05) is 18.2 Å². The third-order valence-corrected chi connectivity index (χ3v) is 8.40. The summed E-state index contributed by atoms with van der Waals surface area (Å²) in [5, 5.41) is 7.43. The summed E-state index contributed by atoms with van der Waals surface area (Å²) in [6.07, 6.45) is 0.661. The highest BCUT2D eigenvalue weighted by Crippen LogP contribution is 2.32. The van der Waals surface area contributed by atoms with Gasteiger partial charge in [-0.2, -0.15) is 13.2 Å². The predicted molar refractivity (Wildman–Crippen MR) is 178 cm³/mol. The number of likely N-dealkylation sites (N-methyl/N-ethyl adjacent to an activating group) is 1. The molecule has 1 fully saturated rings. The minimum atomic E-state index is -4.68. The molecular formula is C35H35F4N7O3. The van der Waals surface area contributed by atoms with Crippen LogP contribution in [-0.4, -0.2) is 70.5 Å². The maximum Gasteiger partial charge on any atom is 0.416 e. The van der Waals surface area contributed by atoms with Crippen LogP contribution in [0.2, 0.25) is 0 Å². The Morgan fingerprint density at radius 3 is 2.43 bits per heavy atom. The minimum absolute atomic E-state index is 0.286. The van der Waals surface area contributed by atoms with E-state index in [4.69, 9.17) is 4.74 Å². The highest BCUT2D eigenvalue weighted by Gasteiger charge is 2.31. The van der Waals surface area contributed by atoms with Crippen LogP contribution in [0.25, 0.3) is 11.0 Å². The second-order valence-corrected chi connectivity index (χ2v) is 12.4. The Morgan fingerprint density at radius 2 is 1.73 bits per heavy atom. The summed E-state index contributed by atoms with van der Waals surface area (Å²) in [5.74, 6) is -0.460. The van der Waals surface area contributed by atoms with Crippen molar-refractivity contribution >= 4 is 34.6 Å². The number of urea groups is 1. The van der Waals surface area contributed by atoms with Gasteiger partial charge in [-0.05, 0) is 74.2 Å². The maximum atomic E-state index is 14.0. The fourth-order valence-electron chi connectivity index (χ4n) is 5.55. The molecule has 0 spiro atoms. The number of nitrogens with zero attached hydrogens (tertiary/aromatic N) is 3.